The fraction of sp³-hybridized carbons (Fsp3) is 0.308. The molecule has 0 radical (unpaired) electrons. The second kappa shape index (κ2) is 11.6. The minimum absolute atomic E-state index is 0.0229. The number of piperazine rings is 1. The van der Waals surface area contributed by atoms with Crippen LogP contribution in [-0.4, -0.2) is 53.4 Å². The average Bonchev–Trinajstić information content (AvgIpc) is 3.51. The van der Waals surface area contributed by atoms with Crippen molar-refractivity contribution in [3.05, 3.63) is 76.3 Å². The van der Waals surface area contributed by atoms with Gasteiger partial charge >= 0.3 is 11.7 Å². The summed E-state index contributed by atoms with van der Waals surface area (Å²) in [6.07, 6.45) is 4.36. The topological polar surface area (TPSA) is 127 Å². The van der Waals surface area contributed by atoms with Gasteiger partial charge in [-0.15, -0.1) is 0 Å². The summed E-state index contributed by atoms with van der Waals surface area (Å²) in [5, 5.41) is 2.54. The fourth-order valence-corrected chi connectivity index (χ4v) is 3.92. The van der Waals surface area contributed by atoms with Gasteiger partial charge in [0.1, 0.15) is 29.7 Å². The molecule has 2 amide bonds. The lowest BCUT2D eigenvalue weighted by molar-refractivity contribution is -0.142. The summed E-state index contributed by atoms with van der Waals surface area (Å²) in [7, 11) is 0. The molecule has 2 aromatic heterocycles. The highest BCUT2D eigenvalue weighted by molar-refractivity contribution is 5.91. The summed E-state index contributed by atoms with van der Waals surface area (Å²) in [5.74, 6) is -0.901. The number of rotatable bonds is 8. The van der Waals surface area contributed by atoms with E-state index in [0.29, 0.717) is 49.1 Å². The van der Waals surface area contributed by atoms with Crippen LogP contribution in [0.2, 0.25) is 0 Å². The molecule has 0 atom stereocenters. The zero-order valence-electron chi connectivity index (χ0n) is 20.9. The van der Waals surface area contributed by atoms with Gasteiger partial charge in [-0.2, -0.15) is 0 Å². The molecule has 0 aliphatic carbocycles. The van der Waals surface area contributed by atoms with Crippen molar-refractivity contribution in [3.8, 4) is 5.69 Å². The van der Waals surface area contributed by atoms with Crippen LogP contribution in [-0.2, 0) is 32.3 Å². The Hall–Kier alpha value is -4.61. The zero-order chi connectivity index (χ0) is 27.2. The monoisotopic (exact) mass is 526 g/mol. The van der Waals surface area contributed by atoms with Crippen LogP contribution < -0.4 is 16.0 Å². The summed E-state index contributed by atoms with van der Waals surface area (Å²) in [4.78, 5) is 50.2. The first kappa shape index (κ1) is 26.5. The highest BCUT2D eigenvalue weighted by Crippen LogP contribution is 2.24. The van der Waals surface area contributed by atoms with Crippen molar-refractivity contribution < 1.29 is 32.3 Å². The van der Waals surface area contributed by atoms with E-state index >= 15 is 4.39 Å². The van der Waals surface area contributed by atoms with Crippen LogP contribution in [0.15, 0.2) is 56.2 Å². The second-order valence-electron chi connectivity index (χ2n) is 8.61. The van der Waals surface area contributed by atoms with E-state index in [1.165, 1.54) is 36.8 Å². The molecule has 0 unspecified atom stereocenters. The average molecular weight is 527 g/mol. The number of nitrogens with zero attached hydrogens (tertiary/aromatic N) is 3. The van der Waals surface area contributed by atoms with Crippen molar-refractivity contribution in [1.29, 1.82) is 0 Å². The number of esters is 1. The molecule has 3 aromatic rings. The number of ether oxygens (including phenoxy) is 1. The van der Waals surface area contributed by atoms with E-state index in [1.54, 1.807) is 35.2 Å². The van der Waals surface area contributed by atoms with Crippen LogP contribution in [0.3, 0.4) is 0 Å². The van der Waals surface area contributed by atoms with Crippen molar-refractivity contribution in [2.75, 3.05) is 31.1 Å². The molecule has 11 nitrogen and oxygen atoms in total. The van der Waals surface area contributed by atoms with E-state index < -0.39 is 17.5 Å². The first-order chi connectivity index (χ1) is 18.2. The van der Waals surface area contributed by atoms with Gasteiger partial charge in [0.2, 0.25) is 11.8 Å². The Morgan fingerprint density at radius 1 is 1.05 bits per heavy atom. The number of nitrogens with one attached hydrogen (secondary N) is 1. The summed E-state index contributed by atoms with van der Waals surface area (Å²) in [6, 6.07) is 7.78. The van der Waals surface area contributed by atoms with Crippen molar-refractivity contribution in [2.24, 2.45) is 0 Å². The smallest absolute Gasteiger partial charge is 0.423 e. The number of aromatic nitrogens is 1. The van der Waals surface area contributed by atoms with E-state index in [0.717, 1.165) is 0 Å². The third-order valence-electron chi connectivity index (χ3n) is 5.83. The van der Waals surface area contributed by atoms with Crippen LogP contribution in [0.25, 0.3) is 11.8 Å². The van der Waals surface area contributed by atoms with Gasteiger partial charge in [-0.25, -0.2) is 13.8 Å². The standard InChI is InChI=1S/C26H27FN4O7/c1-17(32)28-14-22-15-31(26(35)38-22)19-3-7-24(23(27)13-19)29-9-11-30(12-10-29)25(34)8-6-20-4-5-21(37-20)16-36-18(2)33/h3-8,13,15H,9-12,14,16H2,1-2H3,(H,28,32). The van der Waals surface area contributed by atoms with E-state index in [4.69, 9.17) is 13.6 Å². The summed E-state index contributed by atoms with van der Waals surface area (Å²) in [6.45, 7) is 4.38. The Bertz CT molecular complexity index is 1410. The number of carbonyl (C=O) groups is 3. The maximum Gasteiger partial charge on any atom is 0.423 e. The highest BCUT2D eigenvalue weighted by atomic mass is 19.1. The lowest BCUT2D eigenvalue weighted by Crippen LogP contribution is -2.48. The predicted molar refractivity (Wildman–Crippen MR) is 134 cm³/mol. The van der Waals surface area contributed by atoms with Gasteiger partial charge in [-0.05, 0) is 30.3 Å². The van der Waals surface area contributed by atoms with Gasteiger partial charge in [0.25, 0.3) is 0 Å². The molecule has 0 saturated carbocycles. The quantitative estimate of drug-likeness (QED) is 0.350. The van der Waals surface area contributed by atoms with Crippen LogP contribution >= 0.6 is 0 Å². The van der Waals surface area contributed by atoms with Crippen LogP contribution in [0, 0.1) is 5.82 Å². The number of hydrogen-bond acceptors (Lipinski definition) is 8. The van der Waals surface area contributed by atoms with Crippen molar-refractivity contribution in [3.63, 3.8) is 0 Å². The molecular weight excluding hydrogens is 499 g/mol. The van der Waals surface area contributed by atoms with Gasteiger partial charge in [-0.1, -0.05) is 0 Å². The maximum absolute atomic E-state index is 15.0. The molecule has 0 bridgehead atoms. The molecule has 3 heterocycles. The first-order valence-corrected chi connectivity index (χ1v) is 11.9. The van der Waals surface area contributed by atoms with Crippen LogP contribution in [0.1, 0.15) is 31.1 Å². The minimum atomic E-state index is -0.687. The molecule has 12 heteroatoms. The first-order valence-electron chi connectivity index (χ1n) is 11.9. The molecule has 4 rings (SSSR count). The molecule has 1 saturated heterocycles. The second-order valence-corrected chi connectivity index (χ2v) is 8.61. The van der Waals surface area contributed by atoms with E-state index in [2.05, 4.69) is 5.32 Å². The van der Waals surface area contributed by atoms with Crippen molar-refractivity contribution >= 4 is 29.5 Å². The number of hydrogen-bond donors (Lipinski definition) is 1. The minimum Gasteiger partial charge on any atom is -0.458 e. The van der Waals surface area contributed by atoms with Crippen molar-refractivity contribution in [2.45, 2.75) is 27.0 Å². The summed E-state index contributed by atoms with van der Waals surface area (Å²) < 4.78 is 31.7. The Morgan fingerprint density at radius 2 is 1.82 bits per heavy atom. The molecular formula is C26H27FN4O7. The van der Waals surface area contributed by atoms with Gasteiger partial charge in [0, 0.05) is 52.2 Å². The SMILES string of the molecule is CC(=O)NCc1cn(-c2ccc(N3CCN(C(=O)C=Cc4ccc(COC(C)=O)o4)CC3)c(F)c2)c(=O)o1. The molecule has 1 aliphatic heterocycles. The van der Waals surface area contributed by atoms with Gasteiger partial charge < -0.3 is 28.7 Å². The molecule has 1 fully saturated rings. The van der Waals surface area contributed by atoms with E-state index in [9.17, 15) is 19.2 Å². The number of carbonyl (C=O) groups excluding carboxylic acids is 3. The number of halogens is 1. The van der Waals surface area contributed by atoms with Gasteiger partial charge in [0.15, 0.2) is 0 Å². The number of benzene rings is 1. The van der Waals surface area contributed by atoms with E-state index in [1.807, 2.05) is 4.90 Å². The van der Waals surface area contributed by atoms with Crippen LogP contribution in [0.5, 0.6) is 0 Å². The maximum atomic E-state index is 15.0. The third-order valence-corrected chi connectivity index (χ3v) is 5.83. The molecule has 38 heavy (non-hydrogen) atoms. The highest BCUT2D eigenvalue weighted by Gasteiger charge is 2.22. The predicted octanol–water partition coefficient (Wildman–Crippen LogP) is 2.22. The number of furan rings is 1. The lowest BCUT2D eigenvalue weighted by Gasteiger charge is -2.35. The largest absolute Gasteiger partial charge is 0.458 e. The Labute approximate surface area is 217 Å². The molecule has 1 aliphatic rings. The molecule has 1 aromatic carbocycles. The van der Waals surface area contributed by atoms with Gasteiger partial charge in [-0.3, -0.25) is 14.4 Å². The lowest BCUT2D eigenvalue weighted by atomic mass is 10.2. The molecule has 1 N–H and O–H groups in total. The van der Waals surface area contributed by atoms with Gasteiger partial charge in [0.05, 0.1) is 24.1 Å². The third kappa shape index (κ3) is 6.58. The van der Waals surface area contributed by atoms with Crippen LogP contribution in [0.4, 0.5) is 10.1 Å². The van der Waals surface area contributed by atoms with E-state index in [-0.39, 0.29) is 30.7 Å². The Kier molecular flexibility index (Phi) is 8.09. The number of anilines is 1. The zero-order valence-corrected chi connectivity index (χ0v) is 20.9. The molecule has 200 valence electrons. The summed E-state index contributed by atoms with van der Waals surface area (Å²) in [5.41, 5.74) is 0.657. The molecule has 0 spiro atoms. The fourth-order valence-electron chi connectivity index (χ4n) is 3.92. The normalized spacial score (nSPS) is 13.7. The Morgan fingerprint density at radius 3 is 2.50 bits per heavy atom. The number of amides is 2. The van der Waals surface area contributed by atoms with Crippen molar-refractivity contribution in [1.82, 2.24) is 14.8 Å². The summed E-state index contributed by atoms with van der Waals surface area (Å²) >= 11 is 0. The Balaban J connectivity index is 1.33. The number of oxazole rings is 1.